The predicted molar refractivity (Wildman–Crippen MR) is 328 cm³/mol. The number of benzene rings is 2. The van der Waals surface area contributed by atoms with Crippen molar-refractivity contribution in [3.63, 3.8) is 0 Å². The van der Waals surface area contributed by atoms with Crippen molar-refractivity contribution in [3.05, 3.63) is 71.8 Å². The third-order valence-electron chi connectivity index (χ3n) is 16.1. The molecule has 2 aromatic rings. The van der Waals surface area contributed by atoms with Gasteiger partial charge in [0.15, 0.2) is 0 Å². The SMILES string of the molecule is CC(C)C[C@@H]1NC(=O)[C@H](CCCN)NC(=O)[C@@H](C)NC(=O)[C@H](C(C)C)NC(=O)[C@@H]2CCCN2C(=O)[C@@H](Cc2ccccc2)NC(=O)[C@H](CC(C)C)NC(=O)[C@H](CCCN)NC(=O)[C@H](C(C)C)NC(=O)[C@@H]2CCCN2C(=O)[C@@H](Cc2ccccc2)NC1=O. The van der Waals surface area contributed by atoms with Gasteiger partial charge in [0.2, 0.25) is 65.0 Å². The molecule has 3 aliphatic rings. The smallest absolute Gasteiger partial charge is 0.246 e. The van der Waals surface area contributed by atoms with E-state index >= 15 is 0 Å². The number of rotatable bonds is 16. The number of nitrogens with one attached hydrogen (secondary N) is 9. The van der Waals surface area contributed by atoms with Gasteiger partial charge in [-0.15, -0.1) is 0 Å². The highest BCUT2D eigenvalue weighted by molar-refractivity contribution is 6.00. The van der Waals surface area contributed by atoms with E-state index in [1.807, 2.05) is 27.7 Å². The zero-order chi connectivity index (χ0) is 64.1. The highest BCUT2D eigenvalue weighted by atomic mass is 16.2. The third-order valence-corrected chi connectivity index (χ3v) is 16.1. The van der Waals surface area contributed by atoms with Gasteiger partial charge in [-0.05, 0) is 119 Å². The molecule has 0 radical (unpaired) electrons. The minimum absolute atomic E-state index is 0.00706. The highest BCUT2D eigenvalue weighted by Crippen LogP contribution is 2.24. The third kappa shape index (κ3) is 20.8. The van der Waals surface area contributed by atoms with Crippen molar-refractivity contribution in [2.75, 3.05) is 26.2 Å². The molecular weight excluding hydrogens is 1110 g/mol. The van der Waals surface area contributed by atoms with Gasteiger partial charge >= 0.3 is 0 Å². The number of fused-ring (bicyclic) bond motifs is 2. The summed E-state index contributed by atoms with van der Waals surface area (Å²) in [4.78, 5) is 162. The van der Waals surface area contributed by atoms with Crippen LogP contribution < -0.4 is 59.3 Å². The maximum absolute atomic E-state index is 14.9. The Morgan fingerprint density at radius 1 is 0.414 bits per heavy atom. The first kappa shape index (κ1) is 70.3. The molecule has 0 saturated carbocycles. The quantitative estimate of drug-likeness (QED) is 0.111. The summed E-state index contributed by atoms with van der Waals surface area (Å²) in [7, 11) is 0. The maximum Gasteiger partial charge on any atom is 0.246 e. The normalized spacial score (nSPS) is 26.9. The van der Waals surface area contributed by atoms with Crippen LogP contribution in [-0.2, 0) is 65.6 Å². The van der Waals surface area contributed by atoms with E-state index in [0.29, 0.717) is 24.0 Å². The lowest BCUT2D eigenvalue weighted by atomic mass is 9.99. The average molecular weight is 1210 g/mol. The van der Waals surface area contributed by atoms with Crippen molar-refractivity contribution in [2.45, 2.75) is 206 Å². The van der Waals surface area contributed by atoms with Crippen LogP contribution in [0, 0.1) is 23.7 Å². The second-order valence-corrected chi connectivity index (χ2v) is 24.9. The Kier molecular flexibility index (Phi) is 27.6. The minimum Gasteiger partial charge on any atom is -0.343 e. The van der Waals surface area contributed by atoms with Gasteiger partial charge in [-0.1, -0.05) is 116 Å². The lowest BCUT2D eigenvalue weighted by molar-refractivity contribution is -0.143. The van der Waals surface area contributed by atoms with E-state index in [1.165, 1.54) is 16.7 Å². The van der Waals surface area contributed by atoms with Gasteiger partial charge in [-0.3, -0.25) is 52.7 Å². The van der Waals surface area contributed by atoms with E-state index in [0.717, 1.165) is 0 Å². The van der Waals surface area contributed by atoms with Gasteiger partial charge in [0.05, 0.1) is 0 Å². The molecule has 24 nitrogen and oxygen atoms in total. The summed E-state index contributed by atoms with van der Waals surface area (Å²) >= 11 is 0. The number of hydrogen-bond donors (Lipinski definition) is 11. The number of carbonyl (C=O) groups excluding carboxylic acids is 11. The fourth-order valence-electron chi connectivity index (χ4n) is 11.3. The predicted octanol–water partition coefficient (Wildman–Crippen LogP) is 0.732. The van der Waals surface area contributed by atoms with Crippen LogP contribution in [0.5, 0.6) is 0 Å². The first-order valence-electron chi connectivity index (χ1n) is 31.2. The van der Waals surface area contributed by atoms with Gasteiger partial charge in [0.1, 0.15) is 66.5 Å². The molecule has 2 aromatic carbocycles. The molecule has 3 saturated heterocycles. The highest BCUT2D eigenvalue weighted by Gasteiger charge is 2.43. The monoisotopic (exact) mass is 1210 g/mol. The van der Waals surface area contributed by atoms with Gasteiger partial charge in [0.25, 0.3) is 0 Å². The topological polar surface area (TPSA) is 355 Å². The van der Waals surface area contributed by atoms with Gasteiger partial charge in [-0.2, -0.15) is 0 Å². The van der Waals surface area contributed by atoms with Gasteiger partial charge in [0, 0.05) is 25.9 Å². The fourth-order valence-corrected chi connectivity index (χ4v) is 11.3. The molecule has 87 heavy (non-hydrogen) atoms. The standard InChI is InChI=1S/C63H97N13O11/c1-36(2)32-45-56(80)71-48(35-42-22-14-11-15-23-42)63(87)76-31-19-27-50(76)59(83)74-52(39(7)8)61(85)68-44(25-17-29-65)55(79)70-46(33-37(3)4)57(81)72-47(34-41-20-12-10-13-21-41)62(86)75-30-18-26-49(75)58(82)73-51(38(5)6)60(84)66-40(9)53(77)67-43(24-16-28-64)54(78)69-45/h10-15,20-23,36-40,43-52H,16-19,24-35,64-65H2,1-9H3,(H,66,84)(H,67,77)(H,68,85)(H,69,78)(H,70,79)(H,71,80)(H,72,81)(H,73,82)(H,74,83)/t40-,43+,44+,45+,46+,47-,48-,49+,50+,51+,52+/m1/s1. The zero-order valence-electron chi connectivity index (χ0n) is 52.3. The lowest BCUT2D eigenvalue weighted by Crippen LogP contribution is -2.61. The van der Waals surface area contributed by atoms with Crippen molar-refractivity contribution in [3.8, 4) is 0 Å². The van der Waals surface area contributed by atoms with Crippen LogP contribution in [0.2, 0.25) is 0 Å². The van der Waals surface area contributed by atoms with E-state index in [1.54, 1.807) is 88.4 Å². The van der Waals surface area contributed by atoms with Crippen molar-refractivity contribution >= 4 is 65.0 Å². The number of hydrogen-bond acceptors (Lipinski definition) is 13. The molecule has 24 heteroatoms. The molecule has 11 amide bonds. The molecule has 3 fully saturated rings. The molecule has 0 spiro atoms. The molecule has 0 bridgehead atoms. The molecule has 11 atom stereocenters. The van der Waals surface area contributed by atoms with Crippen molar-refractivity contribution in [2.24, 2.45) is 35.1 Å². The summed E-state index contributed by atoms with van der Waals surface area (Å²) in [6, 6.07) is 4.73. The average Bonchev–Trinajstić information content (AvgIpc) is 3.98. The van der Waals surface area contributed by atoms with E-state index in [4.69, 9.17) is 11.5 Å². The lowest BCUT2D eigenvalue weighted by Gasteiger charge is -2.32. The first-order valence-corrected chi connectivity index (χ1v) is 31.2. The van der Waals surface area contributed by atoms with Crippen LogP contribution in [0.1, 0.15) is 138 Å². The van der Waals surface area contributed by atoms with E-state index in [2.05, 4.69) is 47.9 Å². The Morgan fingerprint density at radius 2 is 0.747 bits per heavy atom. The minimum atomic E-state index is -1.25. The molecule has 13 N–H and O–H groups in total. The molecule has 0 aliphatic carbocycles. The summed E-state index contributed by atoms with van der Waals surface area (Å²) in [5.74, 6) is -8.80. The summed E-state index contributed by atoms with van der Waals surface area (Å²) in [6.07, 6.45) is 2.23. The Balaban J connectivity index is 1.57. The summed E-state index contributed by atoms with van der Waals surface area (Å²) in [5, 5.41) is 25.3. The van der Waals surface area contributed by atoms with Crippen molar-refractivity contribution in [1.29, 1.82) is 0 Å². The van der Waals surface area contributed by atoms with Crippen LogP contribution in [0.3, 0.4) is 0 Å². The van der Waals surface area contributed by atoms with Crippen LogP contribution in [0.25, 0.3) is 0 Å². The number of nitrogens with two attached hydrogens (primary N) is 2. The van der Waals surface area contributed by atoms with E-state index < -0.39 is 143 Å². The Labute approximate surface area is 512 Å². The van der Waals surface area contributed by atoms with Crippen molar-refractivity contribution in [1.82, 2.24) is 57.7 Å². The Hall–Kier alpha value is -7.47. The van der Waals surface area contributed by atoms with Crippen molar-refractivity contribution < 1.29 is 52.7 Å². The molecule has 3 aliphatic heterocycles. The molecule has 0 unspecified atom stereocenters. The number of amides is 11. The molecule has 5 rings (SSSR count). The van der Waals surface area contributed by atoms with Crippen LogP contribution >= 0.6 is 0 Å². The second-order valence-electron chi connectivity index (χ2n) is 24.9. The van der Waals surface area contributed by atoms with Gasteiger partial charge in [-0.25, -0.2) is 0 Å². The zero-order valence-corrected chi connectivity index (χ0v) is 52.3. The molecule has 0 aromatic heterocycles. The summed E-state index contributed by atoms with van der Waals surface area (Å²) in [5.41, 5.74) is 13.2. The first-order chi connectivity index (χ1) is 41.3. The maximum atomic E-state index is 14.9. The Bertz CT molecular complexity index is 2680. The number of carbonyl (C=O) groups is 11. The number of nitrogens with zero attached hydrogens (tertiary/aromatic N) is 2. The second kappa shape index (κ2) is 34.2. The summed E-state index contributed by atoms with van der Waals surface area (Å²) in [6.45, 7) is 16.3. The van der Waals surface area contributed by atoms with E-state index in [9.17, 15) is 52.7 Å². The van der Waals surface area contributed by atoms with Crippen LogP contribution in [0.15, 0.2) is 60.7 Å². The molecule has 480 valence electrons. The van der Waals surface area contributed by atoms with Gasteiger partial charge < -0.3 is 69.1 Å². The molecule has 3 heterocycles. The fraction of sp³-hybridized carbons (Fsp3) is 0.635. The largest absolute Gasteiger partial charge is 0.343 e. The van der Waals surface area contributed by atoms with Crippen LogP contribution in [-0.4, -0.2) is 167 Å². The van der Waals surface area contributed by atoms with E-state index in [-0.39, 0.29) is 102 Å². The summed E-state index contributed by atoms with van der Waals surface area (Å²) < 4.78 is 0. The molecular formula is C63H97N13O11. The van der Waals surface area contributed by atoms with Crippen LogP contribution in [0.4, 0.5) is 0 Å². The Morgan fingerprint density at radius 3 is 1.10 bits per heavy atom.